The number of benzene rings is 1. The maximum atomic E-state index is 9.50. The molecule has 0 amide bonds. The Morgan fingerprint density at radius 3 is 2.69 bits per heavy atom. The Kier molecular flexibility index (Phi) is 5.10. The molecule has 5 N–H and O–H groups in total. The monoisotopic (exact) mass is 376 g/mol. The Hall–Kier alpha value is -2.65. The minimum Gasteiger partial charge on any atom is -0.397 e. The first-order valence-electron chi connectivity index (χ1n) is 8.22. The number of aliphatic hydroxyl groups is 1. The van der Waals surface area contributed by atoms with Gasteiger partial charge in [-0.15, -0.1) is 5.10 Å². The number of rotatable bonds is 6. The second-order valence-electron chi connectivity index (χ2n) is 6.29. The van der Waals surface area contributed by atoms with Crippen LogP contribution in [0.1, 0.15) is 26.8 Å². The van der Waals surface area contributed by atoms with Gasteiger partial charge in [0.15, 0.2) is 17.0 Å². The number of fused-ring (bicyclic) bond motifs is 1. The van der Waals surface area contributed by atoms with E-state index < -0.39 is 6.10 Å². The third-order valence-corrected chi connectivity index (χ3v) is 3.97. The van der Waals surface area contributed by atoms with Crippen LogP contribution < -0.4 is 16.4 Å². The van der Waals surface area contributed by atoms with E-state index in [1.807, 2.05) is 13.8 Å². The lowest BCUT2D eigenvalue weighted by Gasteiger charge is -2.12. The average molecular weight is 377 g/mol. The molecule has 0 aliphatic heterocycles. The molecule has 3 rings (SSSR count). The first kappa shape index (κ1) is 18.2. The molecule has 9 nitrogen and oxygen atoms in total. The first-order chi connectivity index (χ1) is 12.3. The Morgan fingerprint density at radius 2 is 2.04 bits per heavy atom. The fourth-order valence-corrected chi connectivity index (χ4v) is 2.46. The summed E-state index contributed by atoms with van der Waals surface area (Å²) in [6.07, 6.45) is -0.532. The highest BCUT2D eigenvalue weighted by Gasteiger charge is 2.17. The molecule has 0 radical (unpaired) electrons. The van der Waals surface area contributed by atoms with E-state index in [9.17, 15) is 5.11 Å². The molecule has 138 valence electrons. The topological polar surface area (TPSA) is 127 Å². The van der Waals surface area contributed by atoms with Gasteiger partial charge in [0.2, 0.25) is 5.95 Å². The fraction of sp³-hybridized carbons (Fsp3) is 0.375. The van der Waals surface area contributed by atoms with Gasteiger partial charge >= 0.3 is 0 Å². The van der Waals surface area contributed by atoms with Crippen LogP contribution in [0.25, 0.3) is 11.2 Å². The van der Waals surface area contributed by atoms with Crippen LogP contribution in [-0.4, -0.2) is 42.7 Å². The molecule has 0 bridgehead atoms. The van der Waals surface area contributed by atoms with Crippen molar-refractivity contribution >= 4 is 45.9 Å². The lowest BCUT2D eigenvalue weighted by Crippen LogP contribution is -2.17. The third-order valence-electron chi connectivity index (χ3n) is 3.63. The molecule has 1 aromatic carbocycles. The predicted molar refractivity (Wildman–Crippen MR) is 103 cm³/mol. The zero-order valence-corrected chi connectivity index (χ0v) is 15.5. The summed E-state index contributed by atoms with van der Waals surface area (Å²) >= 11 is 5.98. The second-order valence-corrected chi connectivity index (χ2v) is 6.69. The number of nitrogens with one attached hydrogen (secondary N) is 2. The molecular weight excluding hydrogens is 356 g/mol. The van der Waals surface area contributed by atoms with Gasteiger partial charge in [-0.1, -0.05) is 16.8 Å². The molecule has 0 saturated heterocycles. The second kappa shape index (κ2) is 7.30. The highest BCUT2D eigenvalue weighted by atomic mass is 35.5. The average Bonchev–Trinajstić information content (AvgIpc) is 3.01. The van der Waals surface area contributed by atoms with E-state index >= 15 is 0 Å². The fourth-order valence-electron chi connectivity index (χ4n) is 2.34. The number of aliphatic hydroxyl groups excluding tert-OH is 1. The Labute approximate surface area is 155 Å². The van der Waals surface area contributed by atoms with Crippen LogP contribution in [0.2, 0.25) is 5.02 Å². The minimum atomic E-state index is -0.532. The molecule has 3 aromatic rings. The molecule has 0 saturated carbocycles. The molecular formula is C16H21ClN8O. The van der Waals surface area contributed by atoms with E-state index in [0.717, 1.165) is 0 Å². The highest BCUT2D eigenvalue weighted by Crippen LogP contribution is 2.28. The van der Waals surface area contributed by atoms with E-state index in [1.54, 1.807) is 29.8 Å². The Morgan fingerprint density at radius 1 is 1.27 bits per heavy atom. The largest absolute Gasteiger partial charge is 0.397 e. The van der Waals surface area contributed by atoms with Gasteiger partial charge in [0.1, 0.15) is 0 Å². The number of aromatic nitrogens is 5. The first-order valence-corrected chi connectivity index (χ1v) is 8.60. The van der Waals surface area contributed by atoms with Gasteiger partial charge in [0.05, 0.1) is 22.9 Å². The van der Waals surface area contributed by atoms with Crippen molar-refractivity contribution in [1.29, 1.82) is 0 Å². The summed E-state index contributed by atoms with van der Waals surface area (Å²) in [6, 6.07) is 5.29. The van der Waals surface area contributed by atoms with Gasteiger partial charge in [-0.3, -0.25) is 0 Å². The summed E-state index contributed by atoms with van der Waals surface area (Å²) in [5.74, 6) is 0.851. The van der Waals surface area contributed by atoms with Crippen molar-refractivity contribution in [2.75, 3.05) is 22.9 Å². The number of nitrogens with zero attached hydrogens (tertiary/aromatic N) is 5. The molecule has 10 heteroatoms. The standard InChI is InChI=1S/C16H21ClN8O/c1-8(2)25-15-13(23-24-25)14(21-16(22-15)19-7-9(3)26)20-10-4-5-11(17)12(18)6-10/h4-6,8-9,26H,7,18H2,1-3H3,(H2,19,20,21,22). The summed E-state index contributed by atoms with van der Waals surface area (Å²) in [5, 5.41) is 24.5. The van der Waals surface area contributed by atoms with Crippen LogP contribution >= 0.6 is 11.6 Å². The zero-order valence-electron chi connectivity index (χ0n) is 14.7. The molecule has 2 heterocycles. The molecule has 1 atom stereocenters. The molecule has 2 aromatic heterocycles. The number of anilines is 4. The van der Waals surface area contributed by atoms with Crippen LogP contribution in [0, 0.1) is 0 Å². The summed E-state index contributed by atoms with van der Waals surface area (Å²) in [5.41, 5.74) is 8.17. The minimum absolute atomic E-state index is 0.0820. The van der Waals surface area contributed by atoms with Crippen LogP contribution in [0.15, 0.2) is 18.2 Å². The molecule has 0 aliphatic rings. The summed E-state index contributed by atoms with van der Waals surface area (Å²) in [4.78, 5) is 8.94. The van der Waals surface area contributed by atoms with Crippen molar-refractivity contribution in [2.45, 2.75) is 32.9 Å². The predicted octanol–water partition coefficient (Wildman–Crippen LogP) is 2.57. The van der Waals surface area contributed by atoms with Crippen molar-refractivity contribution in [2.24, 2.45) is 0 Å². The summed E-state index contributed by atoms with van der Waals surface area (Å²) in [6.45, 7) is 5.99. The van der Waals surface area contributed by atoms with E-state index in [0.29, 0.717) is 45.9 Å². The van der Waals surface area contributed by atoms with Crippen molar-refractivity contribution in [3.8, 4) is 0 Å². The van der Waals surface area contributed by atoms with Gasteiger partial charge < -0.3 is 21.5 Å². The molecule has 1 unspecified atom stereocenters. The number of nitrogens with two attached hydrogens (primary N) is 1. The van der Waals surface area contributed by atoms with Crippen molar-refractivity contribution in [3.63, 3.8) is 0 Å². The van der Waals surface area contributed by atoms with E-state index in [-0.39, 0.29) is 6.04 Å². The van der Waals surface area contributed by atoms with Gasteiger partial charge in [-0.2, -0.15) is 9.97 Å². The number of hydrogen-bond donors (Lipinski definition) is 4. The number of halogens is 1. The smallest absolute Gasteiger partial charge is 0.226 e. The Balaban J connectivity index is 2.04. The molecule has 0 aliphatic carbocycles. The van der Waals surface area contributed by atoms with E-state index in [4.69, 9.17) is 17.3 Å². The van der Waals surface area contributed by atoms with Gasteiger partial charge in [-0.05, 0) is 39.0 Å². The molecule has 0 spiro atoms. The van der Waals surface area contributed by atoms with Crippen LogP contribution in [0.5, 0.6) is 0 Å². The Bertz CT molecular complexity index is 924. The highest BCUT2D eigenvalue weighted by molar-refractivity contribution is 6.33. The van der Waals surface area contributed by atoms with E-state index in [1.165, 1.54) is 0 Å². The number of nitrogen functional groups attached to an aromatic ring is 1. The SMILES string of the molecule is CC(O)CNc1nc(Nc2ccc(Cl)c(N)c2)c2nnn(C(C)C)c2n1. The summed E-state index contributed by atoms with van der Waals surface area (Å²) < 4.78 is 1.71. The zero-order chi connectivity index (χ0) is 18.8. The molecule has 0 fully saturated rings. The number of hydrogen-bond acceptors (Lipinski definition) is 8. The van der Waals surface area contributed by atoms with Crippen LogP contribution in [0.3, 0.4) is 0 Å². The molecule has 26 heavy (non-hydrogen) atoms. The van der Waals surface area contributed by atoms with Crippen LogP contribution in [0.4, 0.5) is 23.1 Å². The summed E-state index contributed by atoms with van der Waals surface area (Å²) in [7, 11) is 0. The maximum absolute atomic E-state index is 9.50. The van der Waals surface area contributed by atoms with Crippen molar-refractivity contribution < 1.29 is 5.11 Å². The van der Waals surface area contributed by atoms with Gasteiger partial charge in [-0.25, -0.2) is 4.68 Å². The lowest BCUT2D eigenvalue weighted by molar-refractivity contribution is 0.208. The van der Waals surface area contributed by atoms with Gasteiger partial charge in [0.25, 0.3) is 0 Å². The normalized spacial score (nSPS) is 12.5. The van der Waals surface area contributed by atoms with Crippen molar-refractivity contribution in [3.05, 3.63) is 23.2 Å². The van der Waals surface area contributed by atoms with E-state index in [2.05, 4.69) is 30.9 Å². The van der Waals surface area contributed by atoms with Crippen molar-refractivity contribution in [1.82, 2.24) is 25.0 Å². The lowest BCUT2D eigenvalue weighted by atomic mass is 10.3. The van der Waals surface area contributed by atoms with Crippen LogP contribution in [-0.2, 0) is 0 Å². The maximum Gasteiger partial charge on any atom is 0.226 e. The van der Waals surface area contributed by atoms with Gasteiger partial charge in [0, 0.05) is 12.2 Å². The quantitative estimate of drug-likeness (QED) is 0.483. The third kappa shape index (κ3) is 3.78.